The van der Waals surface area contributed by atoms with Crippen LogP contribution in [0.1, 0.15) is 27.2 Å². The highest BCUT2D eigenvalue weighted by molar-refractivity contribution is 5.91. The van der Waals surface area contributed by atoms with Crippen LogP contribution in [0.15, 0.2) is 11.8 Å². The van der Waals surface area contributed by atoms with Gasteiger partial charge in [0.25, 0.3) is 0 Å². The number of hydrogen-bond donors (Lipinski definition) is 1. The number of hydrogen-bond acceptors (Lipinski definition) is 2. The fourth-order valence-corrected chi connectivity index (χ4v) is 0.956. The maximum atomic E-state index is 10.8. The summed E-state index contributed by atoms with van der Waals surface area (Å²) >= 11 is 0. The standard InChI is InChI=1S/C9H18N2O/c1-4-8(9(10)12)7-11(5-2)6-3/h7H,4-6H2,1-3H3,(H2,10,12)/b8-7-. The largest absolute Gasteiger partial charge is 0.378 e. The summed E-state index contributed by atoms with van der Waals surface area (Å²) in [4.78, 5) is 12.9. The molecule has 0 fully saturated rings. The second kappa shape index (κ2) is 5.63. The number of amides is 1. The first kappa shape index (κ1) is 11.0. The quantitative estimate of drug-likeness (QED) is 0.628. The molecule has 0 aromatic heterocycles. The molecular weight excluding hydrogens is 152 g/mol. The minimum Gasteiger partial charge on any atom is -0.378 e. The van der Waals surface area contributed by atoms with Crippen molar-refractivity contribution in [3.8, 4) is 0 Å². The number of carbonyl (C=O) groups excluding carboxylic acids is 1. The Balaban J connectivity index is 4.34. The normalized spacial score (nSPS) is 11.4. The third kappa shape index (κ3) is 3.42. The van der Waals surface area contributed by atoms with E-state index in [0.717, 1.165) is 13.1 Å². The van der Waals surface area contributed by atoms with E-state index in [1.807, 2.05) is 27.0 Å². The number of carbonyl (C=O) groups is 1. The van der Waals surface area contributed by atoms with Gasteiger partial charge in [0, 0.05) is 24.9 Å². The van der Waals surface area contributed by atoms with Crippen molar-refractivity contribution in [3.63, 3.8) is 0 Å². The summed E-state index contributed by atoms with van der Waals surface area (Å²) < 4.78 is 0. The van der Waals surface area contributed by atoms with Gasteiger partial charge in [0.2, 0.25) is 5.91 Å². The first-order valence-electron chi connectivity index (χ1n) is 4.40. The van der Waals surface area contributed by atoms with Gasteiger partial charge >= 0.3 is 0 Å². The Labute approximate surface area is 74.2 Å². The predicted octanol–water partition coefficient (Wildman–Crippen LogP) is 1.11. The smallest absolute Gasteiger partial charge is 0.246 e. The zero-order valence-corrected chi connectivity index (χ0v) is 8.13. The summed E-state index contributed by atoms with van der Waals surface area (Å²) in [5.41, 5.74) is 5.86. The fourth-order valence-electron chi connectivity index (χ4n) is 0.956. The van der Waals surface area contributed by atoms with Gasteiger partial charge in [-0.2, -0.15) is 0 Å². The summed E-state index contributed by atoms with van der Waals surface area (Å²) in [5.74, 6) is -0.315. The van der Waals surface area contributed by atoms with Crippen LogP contribution in [0.2, 0.25) is 0 Å². The molecule has 0 bridgehead atoms. The van der Waals surface area contributed by atoms with Gasteiger partial charge in [-0.15, -0.1) is 0 Å². The van der Waals surface area contributed by atoms with Crippen LogP contribution < -0.4 is 5.73 Å². The van der Waals surface area contributed by atoms with Crippen molar-refractivity contribution in [2.75, 3.05) is 13.1 Å². The Kier molecular flexibility index (Phi) is 5.17. The molecule has 3 heteroatoms. The van der Waals surface area contributed by atoms with Crippen LogP contribution in [0.4, 0.5) is 0 Å². The molecule has 0 unspecified atom stereocenters. The highest BCUT2D eigenvalue weighted by Gasteiger charge is 2.02. The molecule has 0 heterocycles. The van der Waals surface area contributed by atoms with Crippen molar-refractivity contribution in [2.24, 2.45) is 5.73 Å². The molecule has 0 rings (SSSR count). The summed E-state index contributed by atoms with van der Waals surface area (Å²) in [5, 5.41) is 0. The predicted molar refractivity (Wildman–Crippen MR) is 50.5 cm³/mol. The second-order valence-electron chi connectivity index (χ2n) is 2.59. The number of rotatable bonds is 5. The molecule has 0 aromatic carbocycles. The lowest BCUT2D eigenvalue weighted by molar-refractivity contribution is -0.114. The first-order chi connectivity index (χ1) is 5.65. The zero-order chi connectivity index (χ0) is 9.56. The van der Waals surface area contributed by atoms with Gasteiger partial charge in [-0.1, -0.05) is 6.92 Å². The van der Waals surface area contributed by atoms with E-state index in [1.54, 1.807) is 0 Å². The Morgan fingerprint density at radius 2 is 1.83 bits per heavy atom. The Bertz CT molecular complexity index is 171. The lowest BCUT2D eigenvalue weighted by atomic mass is 10.2. The van der Waals surface area contributed by atoms with Crippen LogP contribution in [0.25, 0.3) is 0 Å². The molecule has 0 aliphatic heterocycles. The van der Waals surface area contributed by atoms with Crippen LogP contribution >= 0.6 is 0 Å². The first-order valence-corrected chi connectivity index (χ1v) is 4.40. The Morgan fingerprint density at radius 1 is 1.33 bits per heavy atom. The van der Waals surface area contributed by atoms with E-state index in [4.69, 9.17) is 5.73 Å². The molecule has 70 valence electrons. The molecule has 0 radical (unpaired) electrons. The lowest BCUT2D eigenvalue weighted by Crippen LogP contribution is -2.21. The van der Waals surface area contributed by atoms with Crippen molar-refractivity contribution in [2.45, 2.75) is 27.2 Å². The minimum atomic E-state index is -0.315. The molecule has 0 saturated carbocycles. The Morgan fingerprint density at radius 3 is 2.08 bits per heavy atom. The monoisotopic (exact) mass is 170 g/mol. The van der Waals surface area contributed by atoms with Gasteiger partial charge in [0.15, 0.2) is 0 Å². The number of nitrogens with two attached hydrogens (primary N) is 1. The summed E-state index contributed by atoms with van der Waals surface area (Å²) in [6, 6.07) is 0. The Hall–Kier alpha value is -0.990. The molecule has 3 nitrogen and oxygen atoms in total. The number of primary amides is 1. The maximum absolute atomic E-state index is 10.8. The van der Waals surface area contributed by atoms with Crippen molar-refractivity contribution >= 4 is 5.91 Å². The molecule has 0 aliphatic rings. The van der Waals surface area contributed by atoms with E-state index < -0.39 is 0 Å². The van der Waals surface area contributed by atoms with Gasteiger partial charge in [0.05, 0.1) is 0 Å². The van der Waals surface area contributed by atoms with Gasteiger partial charge in [-0.3, -0.25) is 4.79 Å². The van der Waals surface area contributed by atoms with E-state index >= 15 is 0 Å². The van der Waals surface area contributed by atoms with Crippen LogP contribution in [0.3, 0.4) is 0 Å². The molecule has 0 saturated heterocycles. The molecule has 0 spiro atoms. The van der Waals surface area contributed by atoms with Crippen LogP contribution in [0.5, 0.6) is 0 Å². The molecule has 0 aromatic rings. The average Bonchev–Trinajstić information content (AvgIpc) is 2.06. The van der Waals surface area contributed by atoms with Gasteiger partial charge in [-0.05, 0) is 20.3 Å². The molecular formula is C9H18N2O. The topological polar surface area (TPSA) is 46.3 Å². The van der Waals surface area contributed by atoms with Crippen molar-refractivity contribution in [1.29, 1.82) is 0 Å². The average molecular weight is 170 g/mol. The van der Waals surface area contributed by atoms with E-state index in [2.05, 4.69) is 4.90 Å². The summed E-state index contributed by atoms with van der Waals surface area (Å²) in [6.45, 7) is 7.85. The van der Waals surface area contributed by atoms with E-state index in [-0.39, 0.29) is 5.91 Å². The van der Waals surface area contributed by atoms with E-state index in [1.165, 1.54) is 0 Å². The van der Waals surface area contributed by atoms with Crippen molar-refractivity contribution in [3.05, 3.63) is 11.8 Å². The zero-order valence-electron chi connectivity index (χ0n) is 8.13. The lowest BCUT2D eigenvalue weighted by Gasteiger charge is -2.16. The molecule has 12 heavy (non-hydrogen) atoms. The van der Waals surface area contributed by atoms with Crippen molar-refractivity contribution < 1.29 is 4.79 Å². The molecule has 0 atom stereocenters. The summed E-state index contributed by atoms with van der Waals surface area (Å²) in [7, 11) is 0. The SMILES string of the molecule is CC/C(=C/N(CC)CC)C(N)=O. The number of nitrogens with zero attached hydrogens (tertiary/aromatic N) is 1. The maximum Gasteiger partial charge on any atom is 0.246 e. The van der Waals surface area contributed by atoms with E-state index in [0.29, 0.717) is 12.0 Å². The fraction of sp³-hybridized carbons (Fsp3) is 0.667. The summed E-state index contributed by atoms with van der Waals surface area (Å²) in [6.07, 6.45) is 2.55. The second-order valence-corrected chi connectivity index (χ2v) is 2.59. The van der Waals surface area contributed by atoms with Crippen LogP contribution in [-0.2, 0) is 4.79 Å². The minimum absolute atomic E-state index is 0.315. The van der Waals surface area contributed by atoms with Crippen molar-refractivity contribution in [1.82, 2.24) is 4.90 Å². The van der Waals surface area contributed by atoms with Crippen LogP contribution in [0, 0.1) is 0 Å². The molecule has 1 amide bonds. The van der Waals surface area contributed by atoms with Gasteiger partial charge in [-0.25, -0.2) is 0 Å². The third-order valence-corrected chi connectivity index (χ3v) is 1.85. The van der Waals surface area contributed by atoms with E-state index in [9.17, 15) is 4.79 Å². The van der Waals surface area contributed by atoms with Gasteiger partial charge < -0.3 is 10.6 Å². The third-order valence-electron chi connectivity index (χ3n) is 1.85. The molecule has 0 aliphatic carbocycles. The highest BCUT2D eigenvalue weighted by Crippen LogP contribution is 2.01. The van der Waals surface area contributed by atoms with Gasteiger partial charge in [0.1, 0.15) is 0 Å². The molecule has 2 N–H and O–H groups in total. The highest BCUT2D eigenvalue weighted by atomic mass is 16.1. The van der Waals surface area contributed by atoms with Crippen LogP contribution in [-0.4, -0.2) is 23.9 Å².